The van der Waals surface area contributed by atoms with Gasteiger partial charge in [-0.05, 0) is 19.3 Å². The Morgan fingerprint density at radius 3 is 2.83 bits per heavy atom. The van der Waals surface area contributed by atoms with Gasteiger partial charge >= 0.3 is 5.97 Å². The second kappa shape index (κ2) is 6.15. The van der Waals surface area contributed by atoms with Crippen molar-refractivity contribution in [3.8, 4) is 0 Å². The molecule has 1 amide bonds. The van der Waals surface area contributed by atoms with Crippen LogP contribution in [0, 0.1) is 5.92 Å². The summed E-state index contributed by atoms with van der Waals surface area (Å²) in [4.78, 5) is 22.6. The fraction of sp³-hybridized carbons (Fsp3) is 0.833. The van der Waals surface area contributed by atoms with E-state index < -0.39 is 5.97 Å². The number of rotatable bonds is 4. The molecular weight excluding hydrogens is 236 g/mol. The highest BCUT2D eigenvalue weighted by Gasteiger charge is 2.30. The van der Waals surface area contributed by atoms with Crippen LogP contribution in [-0.2, 0) is 14.3 Å². The van der Waals surface area contributed by atoms with E-state index in [9.17, 15) is 9.59 Å². The molecule has 18 heavy (non-hydrogen) atoms. The summed E-state index contributed by atoms with van der Waals surface area (Å²) in [5.74, 6) is -1.10. The van der Waals surface area contributed by atoms with Gasteiger partial charge in [0.15, 0.2) is 0 Å². The molecule has 3 atom stereocenters. The maximum Gasteiger partial charge on any atom is 0.306 e. The van der Waals surface area contributed by atoms with Gasteiger partial charge in [-0.1, -0.05) is 0 Å². The van der Waals surface area contributed by atoms with Gasteiger partial charge in [0, 0.05) is 19.1 Å². The topological polar surface area (TPSA) is 87.7 Å². The van der Waals surface area contributed by atoms with Gasteiger partial charge in [0.1, 0.15) is 0 Å². The molecule has 2 aliphatic rings. The predicted molar refractivity (Wildman–Crippen MR) is 64.1 cm³/mol. The van der Waals surface area contributed by atoms with Crippen molar-refractivity contribution in [2.45, 2.75) is 37.8 Å². The van der Waals surface area contributed by atoms with Crippen molar-refractivity contribution < 1.29 is 19.4 Å². The van der Waals surface area contributed by atoms with Gasteiger partial charge in [0.05, 0.1) is 25.0 Å². The molecule has 0 aromatic carbocycles. The molecule has 0 aromatic rings. The van der Waals surface area contributed by atoms with E-state index >= 15 is 0 Å². The van der Waals surface area contributed by atoms with Gasteiger partial charge in [0.25, 0.3) is 0 Å². The Hall–Kier alpha value is -1.14. The molecule has 1 saturated heterocycles. The second-order valence-electron chi connectivity index (χ2n) is 5.01. The Bertz CT molecular complexity index is 315. The Balaban J connectivity index is 1.69. The van der Waals surface area contributed by atoms with Crippen LogP contribution < -0.4 is 10.6 Å². The molecule has 3 N–H and O–H groups in total. The lowest BCUT2D eigenvalue weighted by Crippen LogP contribution is -2.43. The lowest BCUT2D eigenvalue weighted by molar-refractivity contribution is -0.141. The minimum Gasteiger partial charge on any atom is -0.481 e. The van der Waals surface area contributed by atoms with Crippen LogP contribution in [0.4, 0.5) is 0 Å². The van der Waals surface area contributed by atoms with E-state index in [-0.39, 0.29) is 24.0 Å². The lowest BCUT2D eigenvalue weighted by Gasteiger charge is -2.23. The molecule has 6 heteroatoms. The fourth-order valence-corrected chi connectivity index (χ4v) is 2.58. The monoisotopic (exact) mass is 256 g/mol. The van der Waals surface area contributed by atoms with Crippen molar-refractivity contribution in [3.63, 3.8) is 0 Å². The SMILES string of the molecule is O=C(CC1CNCCO1)N[C@H]1CC[C@@H](C(=O)O)C1. The number of carboxylic acid groups (broad SMARTS) is 1. The maximum atomic E-state index is 11.8. The summed E-state index contributed by atoms with van der Waals surface area (Å²) in [6.45, 7) is 2.18. The Labute approximate surface area is 106 Å². The van der Waals surface area contributed by atoms with E-state index in [0.717, 1.165) is 13.0 Å². The number of amides is 1. The molecule has 1 aliphatic carbocycles. The third kappa shape index (κ3) is 3.68. The number of carbonyl (C=O) groups excluding carboxylic acids is 1. The molecule has 0 bridgehead atoms. The molecule has 2 rings (SSSR count). The van der Waals surface area contributed by atoms with Crippen LogP contribution in [0.3, 0.4) is 0 Å². The van der Waals surface area contributed by atoms with Gasteiger partial charge in [-0.3, -0.25) is 9.59 Å². The van der Waals surface area contributed by atoms with Crippen LogP contribution in [0.5, 0.6) is 0 Å². The highest BCUT2D eigenvalue weighted by atomic mass is 16.5. The molecule has 0 spiro atoms. The summed E-state index contributed by atoms with van der Waals surface area (Å²) in [5, 5.41) is 15.0. The number of carboxylic acids is 1. The van der Waals surface area contributed by atoms with Crippen molar-refractivity contribution >= 4 is 11.9 Å². The Kier molecular flexibility index (Phi) is 4.54. The molecular formula is C12H20N2O4. The zero-order valence-corrected chi connectivity index (χ0v) is 10.4. The second-order valence-corrected chi connectivity index (χ2v) is 5.01. The maximum absolute atomic E-state index is 11.8. The van der Waals surface area contributed by atoms with Crippen LogP contribution in [0.25, 0.3) is 0 Å². The Morgan fingerprint density at radius 1 is 1.39 bits per heavy atom. The first-order valence-electron chi connectivity index (χ1n) is 6.49. The largest absolute Gasteiger partial charge is 0.481 e. The van der Waals surface area contributed by atoms with Crippen LogP contribution in [-0.4, -0.2) is 48.8 Å². The Morgan fingerprint density at radius 2 is 2.22 bits per heavy atom. The summed E-state index contributed by atoms with van der Waals surface area (Å²) in [6, 6.07) is 0.00940. The molecule has 6 nitrogen and oxygen atoms in total. The number of ether oxygens (including phenoxy) is 1. The summed E-state index contributed by atoms with van der Waals surface area (Å²) in [6.07, 6.45) is 2.25. The molecule has 1 heterocycles. The minimum absolute atomic E-state index is 0.00940. The average Bonchev–Trinajstić information content (AvgIpc) is 2.78. The average molecular weight is 256 g/mol. The molecule has 1 aliphatic heterocycles. The van der Waals surface area contributed by atoms with Crippen molar-refractivity contribution in [1.82, 2.24) is 10.6 Å². The first-order chi connectivity index (χ1) is 8.65. The third-order valence-electron chi connectivity index (χ3n) is 3.56. The quantitative estimate of drug-likeness (QED) is 0.644. The summed E-state index contributed by atoms with van der Waals surface area (Å²) >= 11 is 0. The van der Waals surface area contributed by atoms with E-state index in [1.807, 2.05) is 0 Å². The van der Waals surface area contributed by atoms with Crippen LogP contribution in [0.15, 0.2) is 0 Å². The highest BCUT2D eigenvalue weighted by molar-refractivity contribution is 5.77. The minimum atomic E-state index is -0.758. The molecule has 0 radical (unpaired) electrons. The number of hydrogen-bond donors (Lipinski definition) is 3. The van der Waals surface area contributed by atoms with Crippen molar-refractivity contribution in [2.24, 2.45) is 5.92 Å². The van der Waals surface area contributed by atoms with Crippen molar-refractivity contribution in [3.05, 3.63) is 0 Å². The first-order valence-corrected chi connectivity index (χ1v) is 6.49. The third-order valence-corrected chi connectivity index (χ3v) is 3.56. The molecule has 0 aromatic heterocycles. The standard InChI is InChI=1S/C12H20N2O4/c15-11(6-10-7-13-3-4-18-10)14-9-2-1-8(5-9)12(16)17/h8-10,13H,1-7H2,(H,14,15)(H,16,17)/t8-,9+,10?/m1/s1. The zero-order valence-electron chi connectivity index (χ0n) is 10.4. The summed E-state index contributed by atoms with van der Waals surface area (Å²) < 4.78 is 5.45. The van der Waals surface area contributed by atoms with Gasteiger partial charge in [-0.25, -0.2) is 0 Å². The van der Waals surface area contributed by atoms with E-state index in [0.29, 0.717) is 32.4 Å². The van der Waals surface area contributed by atoms with E-state index in [2.05, 4.69) is 10.6 Å². The number of morpholine rings is 1. The van der Waals surface area contributed by atoms with Crippen molar-refractivity contribution in [1.29, 1.82) is 0 Å². The number of aliphatic carboxylic acids is 1. The van der Waals surface area contributed by atoms with Gasteiger partial charge in [0.2, 0.25) is 5.91 Å². The molecule has 1 saturated carbocycles. The lowest BCUT2D eigenvalue weighted by atomic mass is 10.1. The van der Waals surface area contributed by atoms with Gasteiger partial charge < -0.3 is 20.5 Å². The molecule has 102 valence electrons. The smallest absolute Gasteiger partial charge is 0.306 e. The van der Waals surface area contributed by atoms with Crippen LogP contribution >= 0.6 is 0 Å². The van der Waals surface area contributed by atoms with E-state index in [1.165, 1.54) is 0 Å². The van der Waals surface area contributed by atoms with E-state index in [1.54, 1.807) is 0 Å². The fourth-order valence-electron chi connectivity index (χ4n) is 2.58. The zero-order chi connectivity index (χ0) is 13.0. The normalized spacial score (nSPS) is 32.1. The van der Waals surface area contributed by atoms with Gasteiger partial charge in [-0.2, -0.15) is 0 Å². The summed E-state index contributed by atoms with van der Waals surface area (Å²) in [5.41, 5.74) is 0. The number of nitrogens with one attached hydrogen (secondary N) is 2. The number of carbonyl (C=O) groups is 2. The van der Waals surface area contributed by atoms with Gasteiger partial charge in [-0.15, -0.1) is 0 Å². The van der Waals surface area contributed by atoms with Crippen LogP contribution in [0.2, 0.25) is 0 Å². The molecule has 2 fully saturated rings. The predicted octanol–water partition coefficient (Wildman–Crippen LogP) is -0.266. The molecule has 1 unspecified atom stereocenters. The summed E-state index contributed by atoms with van der Waals surface area (Å²) in [7, 11) is 0. The van der Waals surface area contributed by atoms with E-state index in [4.69, 9.17) is 9.84 Å². The van der Waals surface area contributed by atoms with Crippen LogP contribution in [0.1, 0.15) is 25.7 Å². The van der Waals surface area contributed by atoms with Crippen molar-refractivity contribution in [2.75, 3.05) is 19.7 Å². The number of hydrogen-bond acceptors (Lipinski definition) is 4. The highest BCUT2D eigenvalue weighted by Crippen LogP contribution is 2.25. The first kappa shape index (κ1) is 13.3.